The summed E-state index contributed by atoms with van der Waals surface area (Å²) in [5, 5.41) is 13.9. The van der Waals surface area contributed by atoms with E-state index in [1.807, 2.05) is 25.5 Å². The summed E-state index contributed by atoms with van der Waals surface area (Å²) >= 11 is 0. The second-order valence-electron chi connectivity index (χ2n) is 3.94. The fourth-order valence-corrected chi connectivity index (χ4v) is 1.49. The van der Waals surface area contributed by atoms with Crippen LogP contribution in [0.5, 0.6) is 6.01 Å². The number of nitrogens with one attached hydrogen (secondary N) is 2. The zero-order chi connectivity index (χ0) is 14.4. The molecule has 0 unspecified atom stereocenters. The Morgan fingerprint density at radius 2 is 1.90 bits per heavy atom. The molecule has 2 aromatic heterocycles. The monoisotopic (exact) mass is 278 g/mol. The van der Waals surface area contributed by atoms with E-state index in [0.29, 0.717) is 31.1 Å². The summed E-state index contributed by atoms with van der Waals surface area (Å²) in [5.74, 6) is 1.70. The van der Waals surface area contributed by atoms with Crippen LogP contribution in [0.4, 0.5) is 11.9 Å². The van der Waals surface area contributed by atoms with E-state index in [-0.39, 0.29) is 0 Å². The van der Waals surface area contributed by atoms with Crippen molar-refractivity contribution < 1.29 is 4.74 Å². The van der Waals surface area contributed by atoms with Gasteiger partial charge in [-0.3, -0.25) is 0 Å². The summed E-state index contributed by atoms with van der Waals surface area (Å²) in [5.41, 5.74) is 0. The fraction of sp³-hybridized carbons (Fsp3) is 0.545. The highest BCUT2D eigenvalue weighted by Gasteiger charge is 2.08. The lowest BCUT2D eigenvalue weighted by atomic mass is 10.6. The van der Waals surface area contributed by atoms with Crippen molar-refractivity contribution in [3.05, 3.63) is 12.2 Å². The van der Waals surface area contributed by atoms with E-state index in [1.54, 1.807) is 6.33 Å². The maximum absolute atomic E-state index is 5.32. The average molecular weight is 278 g/mol. The molecule has 0 spiro atoms. The van der Waals surface area contributed by atoms with Crippen LogP contribution in [0.15, 0.2) is 6.33 Å². The molecule has 0 saturated carbocycles. The van der Waals surface area contributed by atoms with E-state index < -0.39 is 0 Å². The third-order valence-corrected chi connectivity index (χ3v) is 2.43. The highest BCUT2D eigenvalue weighted by Crippen LogP contribution is 2.11. The lowest BCUT2D eigenvalue weighted by Crippen LogP contribution is -2.12. The molecule has 2 aromatic rings. The van der Waals surface area contributed by atoms with Crippen molar-refractivity contribution in [2.24, 2.45) is 7.05 Å². The van der Waals surface area contributed by atoms with Crippen LogP contribution in [0.1, 0.15) is 19.7 Å². The van der Waals surface area contributed by atoms with Gasteiger partial charge >= 0.3 is 6.01 Å². The molecule has 9 nitrogen and oxygen atoms in total. The number of aromatic nitrogens is 6. The molecule has 2 rings (SSSR count). The smallest absolute Gasteiger partial charge is 0.323 e. The normalized spacial score (nSPS) is 10.3. The lowest BCUT2D eigenvalue weighted by Gasteiger charge is -2.09. The van der Waals surface area contributed by atoms with Crippen LogP contribution in [0, 0.1) is 0 Å². The first-order chi connectivity index (χ1) is 9.72. The maximum Gasteiger partial charge on any atom is 0.323 e. The van der Waals surface area contributed by atoms with E-state index in [2.05, 4.69) is 35.8 Å². The van der Waals surface area contributed by atoms with Crippen molar-refractivity contribution >= 4 is 11.9 Å². The molecular weight excluding hydrogens is 260 g/mol. The first-order valence-electron chi connectivity index (χ1n) is 6.42. The molecule has 108 valence electrons. The Morgan fingerprint density at radius 3 is 2.50 bits per heavy atom. The largest absolute Gasteiger partial charge is 0.464 e. The van der Waals surface area contributed by atoms with E-state index >= 15 is 0 Å². The Balaban J connectivity index is 2.11. The van der Waals surface area contributed by atoms with Gasteiger partial charge in [-0.1, -0.05) is 0 Å². The minimum absolute atomic E-state index is 0.291. The molecule has 0 fully saturated rings. The van der Waals surface area contributed by atoms with Gasteiger partial charge in [0.05, 0.1) is 13.2 Å². The third kappa shape index (κ3) is 3.53. The Hall–Kier alpha value is -2.45. The summed E-state index contributed by atoms with van der Waals surface area (Å²) in [4.78, 5) is 12.6. The van der Waals surface area contributed by atoms with E-state index in [1.165, 1.54) is 0 Å². The fourth-order valence-electron chi connectivity index (χ4n) is 1.49. The summed E-state index contributed by atoms with van der Waals surface area (Å²) in [6, 6.07) is 0.291. The first kappa shape index (κ1) is 14.0. The molecule has 0 aliphatic rings. The quantitative estimate of drug-likeness (QED) is 0.752. The van der Waals surface area contributed by atoms with Gasteiger partial charge in [-0.15, -0.1) is 10.2 Å². The van der Waals surface area contributed by atoms with Gasteiger partial charge in [0.1, 0.15) is 6.33 Å². The lowest BCUT2D eigenvalue weighted by molar-refractivity contribution is 0.312. The van der Waals surface area contributed by atoms with Crippen molar-refractivity contribution in [3.8, 4) is 6.01 Å². The zero-order valence-electron chi connectivity index (χ0n) is 11.8. The van der Waals surface area contributed by atoms with Gasteiger partial charge in [0.15, 0.2) is 5.82 Å². The molecule has 20 heavy (non-hydrogen) atoms. The highest BCUT2D eigenvalue weighted by atomic mass is 16.5. The van der Waals surface area contributed by atoms with Crippen LogP contribution in [0.25, 0.3) is 0 Å². The second kappa shape index (κ2) is 6.64. The van der Waals surface area contributed by atoms with Crippen LogP contribution < -0.4 is 15.4 Å². The van der Waals surface area contributed by atoms with Gasteiger partial charge < -0.3 is 19.9 Å². The van der Waals surface area contributed by atoms with Crippen molar-refractivity contribution in [2.75, 3.05) is 23.8 Å². The third-order valence-electron chi connectivity index (χ3n) is 2.43. The van der Waals surface area contributed by atoms with Gasteiger partial charge in [0.25, 0.3) is 0 Å². The van der Waals surface area contributed by atoms with E-state index in [0.717, 1.165) is 12.4 Å². The topological polar surface area (TPSA) is 103 Å². The molecule has 0 amide bonds. The molecule has 0 atom stereocenters. The van der Waals surface area contributed by atoms with Gasteiger partial charge in [-0.2, -0.15) is 15.0 Å². The molecule has 9 heteroatoms. The molecule has 0 radical (unpaired) electrons. The number of nitrogens with zero attached hydrogens (tertiary/aromatic N) is 6. The second-order valence-corrected chi connectivity index (χ2v) is 3.94. The number of aryl methyl sites for hydroxylation is 1. The predicted molar refractivity (Wildman–Crippen MR) is 73.5 cm³/mol. The zero-order valence-corrected chi connectivity index (χ0v) is 11.8. The standard InChI is InChI=1S/C11H18N8O/c1-4-12-9-15-10(17-11(16-9)20-5-2)13-6-8-18-14-7-19(8)3/h7H,4-6H2,1-3H3,(H2,12,13,15,16,17). The van der Waals surface area contributed by atoms with E-state index in [4.69, 9.17) is 4.74 Å². The molecule has 0 aliphatic heterocycles. The minimum Gasteiger partial charge on any atom is -0.464 e. The van der Waals surface area contributed by atoms with E-state index in [9.17, 15) is 0 Å². The number of rotatable bonds is 7. The van der Waals surface area contributed by atoms with Crippen LogP contribution in [-0.4, -0.2) is 42.9 Å². The predicted octanol–water partition coefficient (Wildman–Crippen LogP) is 0.443. The summed E-state index contributed by atoms with van der Waals surface area (Å²) in [7, 11) is 1.88. The van der Waals surface area contributed by atoms with Gasteiger partial charge in [0.2, 0.25) is 11.9 Å². The van der Waals surface area contributed by atoms with Crippen LogP contribution in [0.3, 0.4) is 0 Å². The molecule has 0 saturated heterocycles. The van der Waals surface area contributed by atoms with Crippen LogP contribution >= 0.6 is 0 Å². The minimum atomic E-state index is 0.291. The summed E-state index contributed by atoms with van der Waals surface area (Å²) in [6.45, 7) is 5.54. The first-order valence-corrected chi connectivity index (χ1v) is 6.42. The van der Waals surface area contributed by atoms with Gasteiger partial charge in [-0.25, -0.2) is 0 Å². The number of hydrogen-bond donors (Lipinski definition) is 2. The molecule has 0 aliphatic carbocycles. The van der Waals surface area contributed by atoms with Crippen molar-refractivity contribution in [2.45, 2.75) is 20.4 Å². The Kier molecular flexibility index (Phi) is 4.64. The Labute approximate surface area is 116 Å². The molecule has 2 N–H and O–H groups in total. The summed E-state index contributed by atoms with van der Waals surface area (Å²) < 4.78 is 7.14. The number of ether oxygens (including phenoxy) is 1. The van der Waals surface area contributed by atoms with Crippen molar-refractivity contribution in [3.63, 3.8) is 0 Å². The Morgan fingerprint density at radius 1 is 1.15 bits per heavy atom. The van der Waals surface area contributed by atoms with Gasteiger partial charge in [-0.05, 0) is 13.8 Å². The van der Waals surface area contributed by atoms with Crippen molar-refractivity contribution in [1.82, 2.24) is 29.7 Å². The number of anilines is 2. The molecule has 0 aromatic carbocycles. The average Bonchev–Trinajstić information content (AvgIpc) is 2.83. The number of hydrogen-bond acceptors (Lipinski definition) is 8. The summed E-state index contributed by atoms with van der Waals surface area (Å²) in [6.07, 6.45) is 1.64. The van der Waals surface area contributed by atoms with Crippen LogP contribution in [0.2, 0.25) is 0 Å². The SMILES string of the molecule is CCNc1nc(NCc2nncn2C)nc(OCC)n1. The van der Waals surface area contributed by atoms with Gasteiger partial charge in [0, 0.05) is 13.6 Å². The maximum atomic E-state index is 5.32. The van der Waals surface area contributed by atoms with Crippen LogP contribution in [-0.2, 0) is 13.6 Å². The molecular formula is C11H18N8O. The highest BCUT2D eigenvalue weighted by molar-refractivity contribution is 5.35. The van der Waals surface area contributed by atoms with Crippen molar-refractivity contribution in [1.29, 1.82) is 0 Å². The molecule has 0 bridgehead atoms. The Bertz CT molecular complexity index is 531. The molecule has 2 heterocycles.